The van der Waals surface area contributed by atoms with Crippen LogP contribution in [0.25, 0.3) is 0 Å². The molecule has 126 valence electrons. The van der Waals surface area contributed by atoms with Crippen LogP contribution in [0.4, 0.5) is 0 Å². The minimum absolute atomic E-state index is 0.0199. The topological polar surface area (TPSA) is 59.1 Å². The molecule has 0 spiro atoms. The Morgan fingerprint density at radius 1 is 1.26 bits per heavy atom. The average molecular weight is 320 g/mol. The predicted octanol–water partition coefficient (Wildman–Crippen LogP) is 1.33. The SMILES string of the molecule is COc1ccc(OC)c(CC(=O)N2CCCC2C(=O)N(C)C)c1. The number of amides is 2. The lowest BCUT2D eigenvalue weighted by Crippen LogP contribution is -2.46. The van der Waals surface area contributed by atoms with Gasteiger partial charge in [0.2, 0.25) is 11.8 Å². The lowest BCUT2D eigenvalue weighted by Gasteiger charge is -2.26. The van der Waals surface area contributed by atoms with Gasteiger partial charge >= 0.3 is 0 Å². The van der Waals surface area contributed by atoms with Crippen LogP contribution in [0.1, 0.15) is 18.4 Å². The number of hydrogen-bond donors (Lipinski definition) is 0. The minimum Gasteiger partial charge on any atom is -0.497 e. The van der Waals surface area contributed by atoms with Crippen LogP contribution in [0, 0.1) is 0 Å². The zero-order valence-electron chi connectivity index (χ0n) is 14.2. The number of likely N-dealkylation sites (tertiary alicyclic amines) is 1. The summed E-state index contributed by atoms with van der Waals surface area (Å²) < 4.78 is 10.5. The van der Waals surface area contributed by atoms with Gasteiger partial charge in [0.15, 0.2) is 0 Å². The third-order valence-electron chi connectivity index (χ3n) is 4.13. The second-order valence-electron chi connectivity index (χ2n) is 5.83. The smallest absolute Gasteiger partial charge is 0.244 e. The van der Waals surface area contributed by atoms with Crippen LogP contribution in [-0.2, 0) is 16.0 Å². The molecule has 0 radical (unpaired) electrons. The van der Waals surface area contributed by atoms with Crippen molar-refractivity contribution in [2.24, 2.45) is 0 Å². The zero-order valence-corrected chi connectivity index (χ0v) is 14.2. The van der Waals surface area contributed by atoms with Gasteiger partial charge in [-0.2, -0.15) is 0 Å². The highest BCUT2D eigenvalue weighted by atomic mass is 16.5. The van der Waals surface area contributed by atoms with Gasteiger partial charge in [0.25, 0.3) is 0 Å². The standard InChI is InChI=1S/C17H24N2O4/c1-18(2)17(21)14-6-5-9-19(14)16(20)11-12-10-13(22-3)7-8-15(12)23-4/h7-8,10,14H,5-6,9,11H2,1-4H3. The molecule has 0 aromatic heterocycles. The first-order chi connectivity index (χ1) is 11.0. The van der Waals surface area contributed by atoms with Crippen molar-refractivity contribution in [3.05, 3.63) is 23.8 Å². The van der Waals surface area contributed by atoms with E-state index in [1.807, 2.05) is 0 Å². The maximum atomic E-state index is 12.7. The molecular weight excluding hydrogens is 296 g/mol. The third-order valence-corrected chi connectivity index (χ3v) is 4.13. The van der Waals surface area contributed by atoms with E-state index in [9.17, 15) is 9.59 Å². The number of likely N-dealkylation sites (N-methyl/N-ethyl adjacent to an activating group) is 1. The Balaban J connectivity index is 2.16. The molecule has 2 rings (SSSR count). The fraction of sp³-hybridized carbons (Fsp3) is 0.529. The van der Waals surface area contributed by atoms with E-state index in [4.69, 9.17) is 9.47 Å². The van der Waals surface area contributed by atoms with Crippen LogP contribution >= 0.6 is 0 Å². The Bertz CT molecular complexity index is 586. The Morgan fingerprint density at radius 3 is 2.61 bits per heavy atom. The molecule has 1 unspecified atom stereocenters. The van der Waals surface area contributed by atoms with Crippen molar-refractivity contribution in [3.8, 4) is 11.5 Å². The van der Waals surface area contributed by atoms with Gasteiger partial charge < -0.3 is 19.3 Å². The van der Waals surface area contributed by atoms with Crippen molar-refractivity contribution in [1.82, 2.24) is 9.80 Å². The van der Waals surface area contributed by atoms with E-state index >= 15 is 0 Å². The number of carbonyl (C=O) groups is 2. The molecule has 6 nitrogen and oxygen atoms in total. The lowest BCUT2D eigenvalue weighted by atomic mass is 10.1. The molecular formula is C17H24N2O4. The first kappa shape index (κ1) is 17.1. The first-order valence-corrected chi connectivity index (χ1v) is 7.69. The van der Waals surface area contributed by atoms with Gasteiger partial charge in [0, 0.05) is 26.2 Å². The molecule has 1 aliphatic rings. The Kier molecular flexibility index (Phi) is 5.47. The van der Waals surface area contributed by atoms with Crippen LogP contribution in [-0.4, -0.2) is 62.5 Å². The third kappa shape index (κ3) is 3.75. The fourth-order valence-electron chi connectivity index (χ4n) is 2.90. The van der Waals surface area contributed by atoms with Gasteiger partial charge in [0.1, 0.15) is 17.5 Å². The molecule has 1 atom stereocenters. The summed E-state index contributed by atoms with van der Waals surface area (Å²) in [5, 5.41) is 0. The monoisotopic (exact) mass is 320 g/mol. The van der Waals surface area contributed by atoms with Crippen molar-refractivity contribution in [1.29, 1.82) is 0 Å². The van der Waals surface area contributed by atoms with Crippen LogP contribution in [0.3, 0.4) is 0 Å². The molecule has 1 saturated heterocycles. The number of carbonyl (C=O) groups excluding carboxylic acids is 2. The number of nitrogens with zero attached hydrogens (tertiary/aromatic N) is 2. The highest BCUT2D eigenvalue weighted by Gasteiger charge is 2.34. The van der Waals surface area contributed by atoms with E-state index < -0.39 is 0 Å². The van der Waals surface area contributed by atoms with Crippen molar-refractivity contribution >= 4 is 11.8 Å². The molecule has 6 heteroatoms. The fourth-order valence-corrected chi connectivity index (χ4v) is 2.90. The summed E-state index contributed by atoms with van der Waals surface area (Å²) in [4.78, 5) is 28.1. The summed E-state index contributed by atoms with van der Waals surface area (Å²) in [6.07, 6.45) is 1.76. The van der Waals surface area contributed by atoms with Gasteiger partial charge in [-0.25, -0.2) is 0 Å². The molecule has 23 heavy (non-hydrogen) atoms. The molecule has 0 bridgehead atoms. The summed E-state index contributed by atoms with van der Waals surface area (Å²) in [6, 6.07) is 5.03. The van der Waals surface area contributed by atoms with E-state index in [0.717, 1.165) is 18.4 Å². The molecule has 1 aromatic rings. The number of benzene rings is 1. The van der Waals surface area contributed by atoms with E-state index in [-0.39, 0.29) is 24.3 Å². The molecule has 1 aromatic carbocycles. The highest BCUT2D eigenvalue weighted by Crippen LogP contribution is 2.26. The zero-order chi connectivity index (χ0) is 17.0. The summed E-state index contributed by atoms with van der Waals surface area (Å²) >= 11 is 0. The van der Waals surface area contributed by atoms with E-state index in [2.05, 4.69) is 0 Å². The number of ether oxygens (including phenoxy) is 2. The van der Waals surface area contributed by atoms with Crippen molar-refractivity contribution in [2.75, 3.05) is 34.9 Å². The van der Waals surface area contributed by atoms with Crippen molar-refractivity contribution in [2.45, 2.75) is 25.3 Å². The average Bonchev–Trinajstić information content (AvgIpc) is 3.03. The Hall–Kier alpha value is -2.24. The molecule has 1 fully saturated rings. The van der Waals surface area contributed by atoms with Gasteiger partial charge in [-0.1, -0.05) is 0 Å². The Morgan fingerprint density at radius 2 is 2.00 bits per heavy atom. The van der Waals surface area contributed by atoms with Crippen molar-refractivity contribution in [3.63, 3.8) is 0 Å². The normalized spacial score (nSPS) is 17.0. The van der Waals surface area contributed by atoms with E-state index in [0.29, 0.717) is 18.0 Å². The van der Waals surface area contributed by atoms with Crippen LogP contribution < -0.4 is 9.47 Å². The molecule has 1 heterocycles. The van der Waals surface area contributed by atoms with Crippen LogP contribution in [0.2, 0.25) is 0 Å². The van der Waals surface area contributed by atoms with Gasteiger partial charge in [-0.3, -0.25) is 9.59 Å². The Labute approximate surface area is 137 Å². The maximum absolute atomic E-state index is 12.7. The maximum Gasteiger partial charge on any atom is 0.244 e. The number of methoxy groups -OCH3 is 2. The molecule has 1 aliphatic heterocycles. The largest absolute Gasteiger partial charge is 0.497 e. The second-order valence-corrected chi connectivity index (χ2v) is 5.83. The summed E-state index contributed by atoms with van der Waals surface area (Å²) in [7, 11) is 6.59. The quantitative estimate of drug-likeness (QED) is 0.821. The van der Waals surface area contributed by atoms with Crippen molar-refractivity contribution < 1.29 is 19.1 Å². The molecule has 0 N–H and O–H groups in total. The second kappa shape index (κ2) is 7.35. The van der Waals surface area contributed by atoms with Gasteiger partial charge in [-0.05, 0) is 31.0 Å². The van der Waals surface area contributed by atoms with Crippen LogP contribution in [0.5, 0.6) is 11.5 Å². The first-order valence-electron chi connectivity index (χ1n) is 7.69. The molecule has 0 aliphatic carbocycles. The number of rotatable bonds is 5. The van der Waals surface area contributed by atoms with E-state index in [1.165, 1.54) is 0 Å². The van der Waals surface area contributed by atoms with E-state index in [1.54, 1.807) is 56.3 Å². The molecule has 2 amide bonds. The highest BCUT2D eigenvalue weighted by molar-refractivity contribution is 5.89. The van der Waals surface area contributed by atoms with Gasteiger partial charge in [-0.15, -0.1) is 0 Å². The predicted molar refractivity (Wildman–Crippen MR) is 86.7 cm³/mol. The van der Waals surface area contributed by atoms with Gasteiger partial charge in [0.05, 0.1) is 20.6 Å². The molecule has 0 saturated carbocycles. The minimum atomic E-state index is -0.353. The summed E-state index contributed by atoms with van der Waals surface area (Å²) in [5.74, 6) is 1.24. The lowest BCUT2D eigenvalue weighted by molar-refractivity contribution is -0.141. The van der Waals surface area contributed by atoms with Crippen LogP contribution in [0.15, 0.2) is 18.2 Å². The summed E-state index contributed by atoms with van der Waals surface area (Å²) in [5.41, 5.74) is 0.764. The number of hydrogen-bond acceptors (Lipinski definition) is 4. The summed E-state index contributed by atoms with van der Waals surface area (Å²) in [6.45, 7) is 0.620.